The molecule has 0 saturated heterocycles. The Morgan fingerprint density at radius 3 is 2.48 bits per heavy atom. The van der Waals surface area contributed by atoms with Crippen molar-refractivity contribution in [2.24, 2.45) is 0 Å². The summed E-state index contributed by atoms with van der Waals surface area (Å²) in [7, 11) is 4.79. The van der Waals surface area contributed by atoms with Crippen LogP contribution in [-0.4, -0.2) is 32.2 Å². The third kappa shape index (κ3) is 4.56. The van der Waals surface area contributed by atoms with Crippen LogP contribution in [0.5, 0.6) is 17.2 Å². The van der Waals surface area contributed by atoms with Crippen LogP contribution >= 0.6 is 11.3 Å². The number of thiazole rings is 1. The number of methoxy groups -OCH3 is 3. The molecular weight excluding hydrogens is 440 g/mol. The number of nitrogens with zero attached hydrogens (tertiary/aromatic N) is 1. The van der Waals surface area contributed by atoms with E-state index >= 15 is 0 Å². The molecule has 33 heavy (non-hydrogen) atoms. The summed E-state index contributed by atoms with van der Waals surface area (Å²) in [5, 5.41) is 6.14. The van der Waals surface area contributed by atoms with E-state index < -0.39 is 0 Å². The van der Waals surface area contributed by atoms with E-state index in [1.165, 1.54) is 17.4 Å². The number of furan rings is 1. The predicted molar refractivity (Wildman–Crippen MR) is 130 cm³/mol. The van der Waals surface area contributed by atoms with Gasteiger partial charge in [0.15, 0.2) is 16.6 Å². The largest absolute Gasteiger partial charge is 0.496 e. The lowest BCUT2D eigenvalue weighted by Gasteiger charge is -2.11. The average Bonchev–Trinajstić information content (AvgIpc) is 3.42. The lowest BCUT2D eigenvalue weighted by molar-refractivity contribution is -0.111. The maximum Gasteiger partial charge on any atom is 0.250 e. The summed E-state index contributed by atoms with van der Waals surface area (Å²) >= 11 is 1.39. The van der Waals surface area contributed by atoms with Crippen molar-refractivity contribution in [2.45, 2.75) is 13.8 Å². The molecule has 0 aliphatic carbocycles. The van der Waals surface area contributed by atoms with Crippen LogP contribution in [0.1, 0.15) is 18.2 Å². The van der Waals surface area contributed by atoms with E-state index in [1.807, 2.05) is 49.6 Å². The second-order valence-electron chi connectivity index (χ2n) is 7.38. The van der Waals surface area contributed by atoms with Crippen LogP contribution in [0.3, 0.4) is 0 Å². The Morgan fingerprint density at radius 1 is 1.06 bits per heavy atom. The van der Waals surface area contributed by atoms with Crippen molar-refractivity contribution in [1.29, 1.82) is 0 Å². The number of anilines is 1. The fourth-order valence-corrected chi connectivity index (χ4v) is 4.28. The number of fused-ring (bicyclic) bond motifs is 1. The summed E-state index contributed by atoms with van der Waals surface area (Å²) in [6, 6.07) is 9.50. The zero-order chi connectivity index (χ0) is 23.5. The molecule has 2 heterocycles. The zero-order valence-electron chi connectivity index (χ0n) is 19.0. The van der Waals surface area contributed by atoms with Gasteiger partial charge in [-0.15, -0.1) is 11.3 Å². The number of nitrogens with one attached hydrogen (secondary N) is 1. The van der Waals surface area contributed by atoms with Crippen molar-refractivity contribution in [3.8, 4) is 28.4 Å². The minimum atomic E-state index is -0.253. The van der Waals surface area contributed by atoms with Gasteiger partial charge in [0.05, 0.1) is 33.3 Å². The number of carbonyl (C=O) groups is 1. The first-order chi connectivity index (χ1) is 15.9. The molecule has 4 rings (SSSR count). The van der Waals surface area contributed by atoms with Gasteiger partial charge in [-0.3, -0.25) is 10.1 Å². The number of benzene rings is 2. The molecule has 4 aromatic rings. The van der Waals surface area contributed by atoms with Crippen molar-refractivity contribution in [3.63, 3.8) is 0 Å². The minimum Gasteiger partial charge on any atom is -0.496 e. The molecule has 7 nitrogen and oxygen atoms in total. The van der Waals surface area contributed by atoms with E-state index in [2.05, 4.69) is 10.3 Å². The molecule has 0 spiro atoms. The Bertz CT molecular complexity index is 1350. The predicted octanol–water partition coefficient (Wildman–Crippen LogP) is 5.93. The Labute approximate surface area is 195 Å². The Hall–Kier alpha value is -3.78. The number of aromatic nitrogens is 1. The highest BCUT2D eigenvalue weighted by molar-refractivity contribution is 7.13. The maximum absolute atomic E-state index is 12.5. The zero-order valence-corrected chi connectivity index (χ0v) is 19.8. The molecule has 8 heteroatoms. The summed E-state index contributed by atoms with van der Waals surface area (Å²) in [6.07, 6.45) is 3.24. The standard InChI is InChI=1S/C25H24N2O5S/c1-14(8-24(28)27-25-26-15(2)13-33-25)17-10-18-19(12-32-22(18)11-21(17)30-4)16-6-7-20(29-3)23(9-16)31-5/h6-13H,1-5H3,(H,26,27,28)/b14-8+. The average molecular weight is 465 g/mol. The van der Waals surface area contributed by atoms with Crippen LogP contribution in [0, 0.1) is 6.92 Å². The molecule has 2 aromatic heterocycles. The van der Waals surface area contributed by atoms with Crippen molar-refractivity contribution in [2.75, 3.05) is 26.6 Å². The summed E-state index contributed by atoms with van der Waals surface area (Å²) in [4.78, 5) is 16.8. The molecule has 0 radical (unpaired) electrons. The Kier molecular flexibility index (Phi) is 6.37. The van der Waals surface area contributed by atoms with Crippen molar-refractivity contribution >= 4 is 38.9 Å². The second-order valence-corrected chi connectivity index (χ2v) is 8.24. The highest BCUT2D eigenvalue weighted by Crippen LogP contribution is 2.39. The first-order valence-corrected chi connectivity index (χ1v) is 11.0. The molecule has 0 aliphatic heterocycles. The van der Waals surface area contributed by atoms with Crippen LogP contribution in [0.15, 0.2) is 52.5 Å². The van der Waals surface area contributed by atoms with Crippen LogP contribution in [0.4, 0.5) is 5.13 Å². The van der Waals surface area contributed by atoms with Crippen LogP contribution in [-0.2, 0) is 4.79 Å². The number of aryl methyl sites for hydroxylation is 1. The SMILES string of the molecule is COc1ccc(-c2coc3cc(OC)c(/C(C)=C/C(=O)Nc4nc(C)cs4)cc23)cc1OC. The lowest BCUT2D eigenvalue weighted by atomic mass is 9.99. The molecule has 0 bridgehead atoms. The fraction of sp³-hybridized carbons (Fsp3) is 0.200. The first kappa shape index (κ1) is 22.4. The molecule has 170 valence electrons. The highest BCUT2D eigenvalue weighted by atomic mass is 32.1. The molecule has 0 aliphatic rings. The van der Waals surface area contributed by atoms with Crippen molar-refractivity contribution in [1.82, 2.24) is 4.98 Å². The molecule has 0 saturated carbocycles. The number of allylic oxidation sites excluding steroid dienone is 1. The van der Waals surface area contributed by atoms with Crippen LogP contribution in [0.2, 0.25) is 0 Å². The molecule has 0 unspecified atom stereocenters. The molecule has 2 aromatic carbocycles. The van der Waals surface area contributed by atoms with Crippen LogP contribution in [0.25, 0.3) is 27.7 Å². The molecule has 1 amide bonds. The Morgan fingerprint density at radius 2 is 1.82 bits per heavy atom. The summed E-state index contributed by atoms with van der Waals surface area (Å²) in [6.45, 7) is 3.75. The number of hydrogen-bond donors (Lipinski definition) is 1. The van der Waals surface area contributed by atoms with Gasteiger partial charge in [-0.25, -0.2) is 4.98 Å². The number of ether oxygens (including phenoxy) is 3. The number of amides is 1. The summed E-state index contributed by atoms with van der Waals surface area (Å²) in [5.41, 5.74) is 4.89. The Balaban J connectivity index is 1.73. The normalized spacial score (nSPS) is 11.5. The van der Waals surface area contributed by atoms with E-state index in [-0.39, 0.29) is 5.91 Å². The summed E-state index contributed by atoms with van der Waals surface area (Å²) in [5.74, 6) is 1.64. The van der Waals surface area contributed by atoms with E-state index in [0.717, 1.165) is 33.3 Å². The number of rotatable bonds is 7. The van der Waals surface area contributed by atoms with Gasteiger partial charge in [0, 0.05) is 34.0 Å². The second kappa shape index (κ2) is 9.38. The minimum absolute atomic E-state index is 0.253. The summed E-state index contributed by atoms with van der Waals surface area (Å²) < 4.78 is 22.2. The first-order valence-electron chi connectivity index (χ1n) is 10.2. The van der Waals surface area contributed by atoms with E-state index in [4.69, 9.17) is 18.6 Å². The third-order valence-electron chi connectivity index (χ3n) is 5.21. The molecular formula is C25H24N2O5S. The maximum atomic E-state index is 12.5. The van der Waals surface area contributed by atoms with E-state index in [9.17, 15) is 4.79 Å². The van der Waals surface area contributed by atoms with Crippen molar-refractivity contribution in [3.05, 3.63) is 59.3 Å². The van der Waals surface area contributed by atoms with Gasteiger partial charge in [-0.1, -0.05) is 6.07 Å². The van der Waals surface area contributed by atoms with Gasteiger partial charge >= 0.3 is 0 Å². The monoisotopic (exact) mass is 464 g/mol. The quantitative estimate of drug-likeness (QED) is 0.341. The molecule has 0 fully saturated rings. The van der Waals surface area contributed by atoms with E-state index in [1.54, 1.807) is 27.6 Å². The number of carbonyl (C=O) groups excluding carboxylic acids is 1. The van der Waals surface area contributed by atoms with Gasteiger partial charge in [-0.05, 0) is 43.2 Å². The molecule has 0 atom stereocenters. The lowest BCUT2D eigenvalue weighted by Crippen LogP contribution is -2.08. The fourth-order valence-electron chi connectivity index (χ4n) is 3.59. The third-order valence-corrected chi connectivity index (χ3v) is 6.09. The smallest absolute Gasteiger partial charge is 0.250 e. The van der Waals surface area contributed by atoms with Crippen molar-refractivity contribution < 1.29 is 23.4 Å². The van der Waals surface area contributed by atoms with Gasteiger partial charge in [0.1, 0.15) is 11.3 Å². The van der Waals surface area contributed by atoms with Crippen LogP contribution < -0.4 is 19.5 Å². The molecule has 1 N–H and O–H groups in total. The van der Waals surface area contributed by atoms with Gasteiger partial charge in [-0.2, -0.15) is 0 Å². The van der Waals surface area contributed by atoms with Gasteiger partial charge < -0.3 is 18.6 Å². The number of hydrogen-bond acceptors (Lipinski definition) is 7. The van der Waals surface area contributed by atoms with E-state index in [0.29, 0.717) is 28.0 Å². The van der Waals surface area contributed by atoms with Gasteiger partial charge in [0.2, 0.25) is 5.91 Å². The topological polar surface area (TPSA) is 82.8 Å². The van der Waals surface area contributed by atoms with Gasteiger partial charge in [0.25, 0.3) is 0 Å². The highest BCUT2D eigenvalue weighted by Gasteiger charge is 2.16.